The molecule has 0 aromatic carbocycles. The highest BCUT2D eigenvalue weighted by Crippen LogP contribution is 2.55. The summed E-state index contributed by atoms with van der Waals surface area (Å²) in [6.45, 7) is 12.0. The van der Waals surface area contributed by atoms with Gasteiger partial charge in [-0.1, -0.05) is 25.7 Å². The maximum Gasteiger partial charge on any atom is 0.334 e. The van der Waals surface area contributed by atoms with E-state index in [-0.39, 0.29) is 23.2 Å². The molecule has 1 saturated heterocycles. The number of hydrogen-bond donors (Lipinski definition) is 0. The van der Waals surface area contributed by atoms with Gasteiger partial charge in [0.15, 0.2) is 5.78 Å². The summed E-state index contributed by atoms with van der Waals surface area (Å²) < 4.78 is 17.0. The molecule has 2 bridgehead atoms. The predicted octanol–water partition coefficient (Wildman–Crippen LogP) is 2.31. The summed E-state index contributed by atoms with van der Waals surface area (Å²) in [7, 11) is 0. The van der Waals surface area contributed by atoms with Gasteiger partial charge in [-0.2, -0.15) is 0 Å². The zero-order valence-electron chi connectivity index (χ0n) is 17.3. The molecule has 2 aliphatic carbocycles. The Morgan fingerprint density at radius 3 is 2.48 bits per heavy atom. The minimum Gasteiger partial charge on any atom is -0.458 e. The van der Waals surface area contributed by atoms with Crippen molar-refractivity contribution in [2.75, 3.05) is 0 Å². The summed E-state index contributed by atoms with van der Waals surface area (Å²) in [5.74, 6) is -3.62. The number of carbonyl (C=O) groups excluding carboxylic acids is 4. The van der Waals surface area contributed by atoms with Gasteiger partial charge >= 0.3 is 17.9 Å². The summed E-state index contributed by atoms with van der Waals surface area (Å²) in [5.41, 5.74) is -0.750. The van der Waals surface area contributed by atoms with Gasteiger partial charge in [0.05, 0.1) is 11.3 Å². The second-order valence-corrected chi connectivity index (χ2v) is 8.18. The van der Waals surface area contributed by atoms with Gasteiger partial charge in [-0.15, -0.1) is 0 Å². The van der Waals surface area contributed by atoms with Crippen molar-refractivity contribution in [1.29, 1.82) is 0 Å². The van der Waals surface area contributed by atoms with Gasteiger partial charge in [0, 0.05) is 24.0 Å². The Balaban J connectivity index is 2.20. The van der Waals surface area contributed by atoms with Crippen molar-refractivity contribution in [1.82, 2.24) is 0 Å². The molecular formula is C22H26O7. The summed E-state index contributed by atoms with van der Waals surface area (Å²) >= 11 is 0. The van der Waals surface area contributed by atoms with Crippen molar-refractivity contribution >= 4 is 23.7 Å². The third-order valence-electron chi connectivity index (χ3n) is 6.56. The van der Waals surface area contributed by atoms with Crippen LogP contribution in [0.4, 0.5) is 0 Å². The van der Waals surface area contributed by atoms with Crippen molar-refractivity contribution < 1.29 is 33.4 Å². The van der Waals surface area contributed by atoms with Gasteiger partial charge in [-0.3, -0.25) is 9.59 Å². The molecule has 3 aliphatic rings. The normalized spacial score (nSPS) is 38.8. The number of allylic oxidation sites excluding steroid dienone is 3. The molecule has 7 atom stereocenters. The molecule has 7 heteroatoms. The smallest absolute Gasteiger partial charge is 0.334 e. The molecule has 0 spiro atoms. The molecule has 0 amide bonds. The van der Waals surface area contributed by atoms with E-state index in [4.69, 9.17) is 14.2 Å². The summed E-state index contributed by atoms with van der Waals surface area (Å²) in [4.78, 5) is 50.1. The van der Waals surface area contributed by atoms with E-state index >= 15 is 0 Å². The third-order valence-corrected chi connectivity index (χ3v) is 6.56. The van der Waals surface area contributed by atoms with Gasteiger partial charge in [-0.25, -0.2) is 9.59 Å². The minimum atomic E-state index is -1.14. The fraction of sp³-hybridized carbons (Fsp3) is 0.545. The Bertz CT molecular complexity index is 851. The van der Waals surface area contributed by atoms with Crippen LogP contribution in [0, 0.1) is 23.2 Å². The molecule has 0 aromatic heterocycles. The average Bonchev–Trinajstić information content (AvgIpc) is 2.94. The van der Waals surface area contributed by atoms with Crippen LogP contribution in [0.25, 0.3) is 0 Å². The number of hydrogen-bond acceptors (Lipinski definition) is 7. The Morgan fingerprint density at radius 2 is 1.90 bits per heavy atom. The summed E-state index contributed by atoms with van der Waals surface area (Å²) in [6.07, 6.45) is 2.12. The average molecular weight is 402 g/mol. The van der Waals surface area contributed by atoms with Crippen LogP contribution in [-0.4, -0.2) is 42.0 Å². The Kier molecular flexibility index (Phi) is 5.28. The zero-order valence-corrected chi connectivity index (χ0v) is 17.3. The third kappa shape index (κ3) is 3.12. The second kappa shape index (κ2) is 7.28. The van der Waals surface area contributed by atoms with Crippen LogP contribution < -0.4 is 0 Å². The van der Waals surface area contributed by atoms with Crippen LogP contribution >= 0.6 is 0 Å². The zero-order chi connectivity index (χ0) is 21.7. The molecule has 156 valence electrons. The van der Waals surface area contributed by atoms with Crippen molar-refractivity contribution in [3.8, 4) is 0 Å². The van der Waals surface area contributed by atoms with Crippen molar-refractivity contribution in [2.24, 2.45) is 23.2 Å². The standard InChI is InChI=1S/C22H26O7/c1-7-10(2)20(25)29-19-16-12(4)21(26)28-17(18(16)27-13(5)23)11(3)14-8-9-15(24)22(14,19)6/h7-9,11,14,16-19H,4H2,1-3,5-6H3/b10-7-/t11-,14-,16+,17-,18+,19-,22-/m1/s1. The highest BCUT2D eigenvalue weighted by Gasteiger charge is 2.65. The molecule has 7 nitrogen and oxygen atoms in total. The molecule has 1 aliphatic heterocycles. The first-order valence-electron chi connectivity index (χ1n) is 9.67. The molecular weight excluding hydrogens is 376 g/mol. The summed E-state index contributed by atoms with van der Waals surface area (Å²) in [5, 5.41) is 0. The maximum absolute atomic E-state index is 13.0. The van der Waals surface area contributed by atoms with Gasteiger partial charge in [0.2, 0.25) is 0 Å². The molecule has 0 radical (unpaired) electrons. The number of esters is 3. The largest absolute Gasteiger partial charge is 0.458 e. The van der Waals surface area contributed by atoms with E-state index in [2.05, 4.69) is 6.58 Å². The van der Waals surface area contributed by atoms with E-state index in [1.165, 1.54) is 13.0 Å². The molecule has 1 saturated carbocycles. The predicted molar refractivity (Wildman–Crippen MR) is 102 cm³/mol. The van der Waals surface area contributed by atoms with Crippen LogP contribution in [0.1, 0.15) is 34.6 Å². The Morgan fingerprint density at radius 1 is 1.24 bits per heavy atom. The van der Waals surface area contributed by atoms with E-state index in [1.54, 1.807) is 32.9 Å². The van der Waals surface area contributed by atoms with E-state index in [0.29, 0.717) is 5.57 Å². The van der Waals surface area contributed by atoms with Gasteiger partial charge in [0.25, 0.3) is 0 Å². The molecule has 2 fully saturated rings. The van der Waals surface area contributed by atoms with E-state index in [1.807, 2.05) is 6.92 Å². The number of carbonyl (C=O) groups is 4. The van der Waals surface area contributed by atoms with Gasteiger partial charge in [0.1, 0.15) is 18.3 Å². The van der Waals surface area contributed by atoms with Crippen molar-refractivity contribution in [3.05, 3.63) is 36.0 Å². The van der Waals surface area contributed by atoms with Crippen LogP contribution in [0.3, 0.4) is 0 Å². The fourth-order valence-corrected chi connectivity index (χ4v) is 4.78. The van der Waals surface area contributed by atoms with Crippen molar-refractivity contribution in [2.45, 2.75) is 52.9 Å². The fourth-order valence-electron chi connectivity index (χ4n) is 4.78. The first-order chi connectivity index (χ1) is 13.5. The SMILES string of the molecule is C=C1C(=O)O[C@@H]2[C@H](C)[C@H]3C=CC(=O)[C@]3(C)[C@H](OC(=O)/C(C)=C\C)[C@@H]1[C@@H]2OC(C)=O. The number of rotatable bonds is 3. The first kappa shape index (κ1) is 21.0. The highest BCUT2D eigenvalue weighted by molar-refractivity contribution is 5.99. The van der Waals surface area contributed by atoms with Crippen LogP contribution in [-0.2, 0) is 33.4 Å². The lowest BCUT2D eigenvalue weighted by molar-refractivity contribution is -0.187. The maximum atomic E-state index is 13.0. The Hall–Kier alpha value is -2.70. The molecule has 1 heterocycles. The van der Waals surface area contributed by atoms with E-state index in [0.717, 1.165) is 0 Å². The minimum absolute atomic E-state index is 0.0252. The molecule has 29 heavy (non-hydrogen) atoms. The molecule has 3 rings (SSSR count). The highest BCUT2D eigenvalue weighted by atomic mass is 16.6. The van der Waals surface area contributed by atoms with Crippen LogP contribution in [0.2, 0.25) is 0 Å². The van der Waals surface area contributed by atoms with E-state index < -0.39 is 47.6 Å². The topological polar surface area (TPSA) is 96.0 Å². The monoisotopic (exact) mass is 402 g/mol. The first-order valence-corrected chi connectivity index (χ1v) is 9.67. The second-order valence-electron chi connectivity index (χ2n) is 8.18. The number of ether oxygens (including phenoxy) is 3. The number of fused-ring (bicyclic) bond motifs is 3. The Labute approximate surface area is 169 Å². The number of ketones is 1. The van der Waals surface area contributed by atoms with Gasteiger partial charge in [-0.05, 0) is 32.8 Å². The lowest BCUT2D eigenvalue weighted by Crippen LogP contribution is -2.54. The van der Waals surface area contributed by atoms with E-state index in [9.17, 15) is 19.2 Å². The lowest BCUT2D eigenvalue weighted by atomic mass is 9.67. The molecule has 0 aromatic rings. The quantitative estimate of drug-likeness (QED) is 0.406. The molecule has 0 N–H and O–H groups in total. The lowest BCUT2D eigenvalue weighted by Gasteiger charge is -2.42. The van der Waals surface area contributed by atoms with Gasteiger partial charge < -0.3 is 14.2 Å². The van der Waals surface area contributed by atoms with Crippen LogP contribution in [0.5, 0.6) is 0 Å². The summed E-state index contributed by atoms with van der Waals surface area (Å²) in [6, 6.07) is 0. The molecule has 0 unspecified atom stereocenters. The van der Waals surface area contributed by atoms with Crippen LogP contribution in [0.15, 0.2) is 36.0 Å². The van der Waals surface area contributed by atoms with Crippen molar-refractivity contribution in [3.63, 3.8) is 0 Å².